The molecule has 0 radical (unpaired) electrons. The third-order valence-corrected chi connectivity index (χ3v) is 5.33. The standard InChI is InChI=1S/C18H28N2/c1-2-15-8-10-17(11-9-15)20-13-12-19-14-18(20)16-6-4-3-5-7-16/h3-7,15,17-19H,2,8-14H2,1H3. The van der Waals surface area contributed by atoms with E-state index in [1.807, 2.05) is 0 Å². The second kappa shape index (κ2) is 6.73. The van der Waals surface area contributed by atoms with Gasteiger partial charge >= 0.3 is 0 Å². The zero-order chi connectivity index (χ0) is 13.8. The van der Waals surface area contributed by atoms with E-state index in [1.165, 1.54) is 44.2 Å². The zero-order valence-corrected chi connectivity index (χ0v) is 12.7. The fourth-order valence-corrected chi connectivity index (χ4v) is 4.03. The largest absolute Gasteiger partial charge is 0.314 e. The van der Waals surface area contributed by atoms with Gasteiger partial charge in [0.15, 0.2) is 0 Å². The fourth-order valence-electron chi connectivity index (χ4n) is 4.03. The average Bonchev–Trinajstić information content (AvgIpc) is 2.56. The minimum atomic E-state index is 0.577. The van der Waals surface area contributed by atoms with Crippen LogP contribution < -0.4 is 5.32 Å². The van der Waals surface area contributed by atoms with Crippen LogP contribution in [0.25, 0.3) is 0 Å². The van der Waals surface area contributed by atoms with E-state index in [2.05, 4.69) is 47.5 Å². The van der Waals surface area contributed by atoms with Gasteiger partial charge in [-0.15, -0.1) is 0 Å². The Labute approximate surface area is 123 Å². The van der Waals surface area contributed by atoms with Crippen LogP contribution in [0.4, 0.5) is 0 Å². The lowest BCUT2D eigenvalue weighted by Gasteiger charge is -2.44. The summed E-state index contributed by atoms with van der Waals surface area (Å²) in [6.07, 6.45) is 7.05. The number of hydrogen-bond acceptors (Lipinski definition) is 2. The molecule has 1 N–H and O–H groups in total. The molecule has 2 aliphatic rings. The number of rotatable bonds is 3. The summed E-state index contributed by atoms with van der Waals surface area (Å²) in [7, 11) is 0. The topological polar surface area (TPSA) is 15.3 Å². The van der Waals surface area contributed by atoms with E-state index in [0.717, 1.165) is 25.0 Å². The van der Waals surface area contributed by atoms with Gasteiger partial charge in [-0.25, -0.2) is 0 Å². The molecule has 1 aromatic rings. The predicted octanol–water partition coefficient (Wildman–Crippen LogP) is 3.60. The normalized spacial score (nSPS) is 32.1. The summed E-state index contributed by atoms with van der Waals surface area (Å²) >= 11 is 0. The van der Waals surface area contributed by atoms with Crippen molar-refractivity contribution in [3.05, 3.63) is 35.9 Å². The van der Waals surface area contributed by atoms with Crippen LogP contribution in [0.3, 0.4) is 0 Å². The monoisotopic (exact) mass is 272 g/mol. The summed E-state index contributed by atoms with van der Waals surface area (Å²) in [5.74, 6) is 0.990. The lowest BCUT2D eigenvalue weighted by molar-refractivity contribution is 0.0706. The molecule has 1 unspecified atom stereocenters. The molecule has 1 atom stereocenters. The Morgan fingerprint density at radius 2 is 1.85 bits per heavy atom. The molecule has 1 saturated carbocycles. The Hall–Kier alpha value is -0.860. The van der Waals surface area contributed by atoms with Crippen LogP contribution in [0.15, 0.2) is 30.3 Å². The average molecular weight is 272 g/mol. The third kappa shape index (κ3) is 3.07. The van der Waals surface area contributed by atoms with Gasteiger partial charge in [0.2, 0.25) is 0 Å². The summed E-state index contributed by atoms with van der Waals surface area (Å²) < 4.78 is 0. The third-order valence-electron chi connectivity index (χ3n) is 5.33. The van der Waals surface area contributed by atoms with Crippen molar-refractivity contribution in [3.63, 3.8) is 0 Å². The molecule has 1 aromatic carbocycles. The van der Waals surface area contributed by atoms with Gasteiger partial charge in [0.25, 0.3) is 0 Å². The van der Waals surface area contributed by atoms with Crippen LogP contribution in [0.2, 0.25) is 0 Å². The minimum Gasteiger partial charge on any atom is -0.314 e. The molecule has 2 fully saturated rings. The SMILES string of the molecule is CCC1CCC(N2CCNCC2c2ccccc2)CC1. The molecule has 1 aliphatic heterocycles. The van der Waals surface area contributed by atoms with E-state index in [9.17, 15) is 0 Å². The van der Waals surface area contributed by atoms with E-state index in [4.69, 9.17) is 0 Å². The van der Waals surface area contributed by atoms with Crippen molar-refractivity contribution in [2.45, 2.75) is 51.1 Å². The number of nitrogens with zero attached hydrogens (tertiary/aromatic N) is 1. The molecule has 1 heterocycles. The van der Waals surface area contributed by atoms with Crippen molar-refractivity contribution in [1.82, 2.24) is 10.2 Å². The first-order valence-corrected chi connectivity index (χ1v) is 8.40. The first-order valence-electron chi connectivity index (χ1n) is 8.40. The molecule has 2 heteroatoms. The van der Waals surface area contributed by atoms with Crippen molar-refractivity contribution < 1.29 is 0 Å². The second-order valence-electron chi connectivity index (χ2n) is 6.45. The van der Waals surface area contributed by atoms with Gasteiger partial charge in [-0.3, -0.25) is 4.90 Å². The first kappa shape index (κ1) is 14.1. The summed E-state index contributed by atoms with van der Waals surface area (Å²) in [4.78, 5) is 2.79. The highest BCUT2D eigenvalue weighted by Crippen LogP contribution is 2.34. The van der Waals surface area contributed by atoms with Gasteiger partial charge in [0.1, 0.15) is 0 Å². The summed E-state index contributed by atoms with van der Waals surface area (Å²) in [5.41, 5.74) is 1.48. The molecule has 0 bridgehead atoms. The predicted molar refractivity (Wildman–Crippen MR) is 84.8 cm³/mol. The van der Waals surface area contributed by atoms with Gasteiger partial charge in [-0.2, -0.15) is 0 Å². The van der Waals surface area contributed by atoms with Crippen molar-refractivity contribution in [1.29, 1.82) is 0 Å². The summed E-state index contributed by atoms with van der Waals surface area (Å²) in [6, 6.07) is 12.5. The van der Waals surface area contributed by atoms with E-state index < -0.39 is 0 Å². The van der Waals surface area contributed by atoms with Crippen LogP contribution in [0.1, 0.15) is 50.6 Å². The highest BCUT2D eigenvalue weighted by molar-refractivity contribution is 5.20. The van der Waals surface area contributed by atoms with Crippen molar-refractivity contribution >= 4 is 0 Å². The Morgan fingerprint density at radius 1 is 1.10 bits per heavy atom. The molecule has 110 valence electrons. The van der Waals surface area contributed by atoms with E-state index >= 15 is 0 Å². The van der Waals surface area contributed by atoms with Crippen LogP contribution in [-0.4, -0.2) is 30.6 Å². The molecular weight excluding hydrogens is 244 g/mol. The van der Waals surface area contributed by atoms with Gasteiger partial charge in [0.05, 0.1) is 0 Å². The van der Waals surface area contributed by atoms with Crippen LogP contribution in [-0.2, 0) is 0 Å². The maximum atomic E-state index is 3.58. The highest BCUT2D eigenvalue weighted by atomic mass is 15.2. The maximum absolute atomic E-state index is 3.58. The Bertz CT molecular complexity index is 395. The highest BCUT2D eigenvalue weighted by Gasteiger charge is 2.32. The quantitative estimate of drug-likeness (QED) is 0.904. The molecule has 0 spiro atoms. The van der Waals surface area contributed by atoms with E-state index in [-0.39, 0.29) is 0 Å². The molecule has 3 rings (SSSR count). The van der Waals surface area contributed by atoms with Crippen molar-refractivity contribution in [2.24, 2.45) is 5.92 Å². The van der Waals surface area contributed by atoms with Crippen LogP contribution in [0.5, 0.6) is 0 Å². The first-order chi connectivity index (χ1) is 9.88. The lowest BCUT2D eigenvalue weighted by Crippen LogP contribution is -2.51. The van der Waals surface area contributed by atoms with Gasteiger partial charge in [-0.1, -0.05) is 43.7 Å². The fraction of sp³-hybridized carbons (Fsp3) is 0.667. The van der Waals surface area contributed by atoms with E-state index in [1.54, 1.807) is 0 Å². The molecule has 1 saturated heterocycles. The molecular formula is C18H28N2. The Balaban J connectivity index is 1.70. The molecule has 20 heavy (non-hydrogen) atoms. The smallest absolute Gasteiger partial charge is 0.0476 e. The maximum Gasteiger partial charge on any atom is 0.0476 e. The van der Waals surface area contributed by atoms with Crippen molar-refractivity contribution in [2.75, 3.05) is 19.6 Å². The van der Waals surface area contributed by atoms with Crippen molar-refractivity contribution in [3.8, 4) is 0 Å². The van der Waals surface area contributed by atoms with Crippen LogP contribution in [0, 0.1) is 5.92 Å². The number of hydrogen-bond donors (Lipinski definition) is 1. The number of benzene rings is 1. The summed E-state index contributed by atoms with van der Waals surface area (Å²) in [5, 5.41) is 3.58. The summed E-state index contributed by atoms with van der Waals surface area (Å²) in [6.45, 7) is 5.82. The molecule has 0 aromatic heterocycles. The second-order valence-corrected chi connectivity index (χ2v) is 6.45. The van der Waals surface area contributed by atoms with Gasteiger partial charge in [-0.05, 0) is 37.2 Å². The number of nitrogens with one attached hydrogen (secondary N) is 1. The molecule has 0 amide bonds. The Morgan fingerprint density at radius 3 is 2.55 bits per heavy atom. The molecule has 1 aliphatic carbocycles. The van der Waals surface area contributed by atoms with Gasteiger partial charge < -0.3 is 5.32 Å². The van der Waals surface area contributed by atoms with Gasteiger partial charge in [0, 0.05) is 31.7 Å². The lowest BCUT2D eigenvalue weighted by atomic mass is 9.83. The Kier molecular flexibility index (Phi) is 4.74. The zero-order valence-electron chi connectivity index (χ0n) is 12.7. The molecule has 2 nitrogen and oxygen atoms in total. The van der Waals surface area contributed by atoms with Crippen LogP contribution >= 0.6 is 0 Å². The number of piperazine rings is 1. The minimum absolute atomic E-state index is 0.577. The van der Waals surface area contributed by atoms with E-state index in [0.29, 0.717) is 6.04 Å².